The van der Waals surface area contributed by atoms with Gasteiger partial charge in [-0.3, -0.25) is 14.4 Å². The van der Waals surface area contributed by atoms with Gasteiger partial charge < -0.3 is 15.4 Å². The number of carbonyl (C=O) groups is 3. The van der Waals surface area contributed by atoms with Crippen LogP contribution in [0.3, 0.4) is 0 Å². The van der Waals surface area contributed by atoms with Crippen LogP contribution in [0.25, 0.3) is 10.8 Å². The normalized spacial score (nSPS) is 11.5. The van der Waals surface area contributed by atoms with E-state index in [1.807, 2.05) is 66.7 Å². The smallest absolute Gasteiger partial charge is 0.326 e. The Bertz CT molecular complexity index is 1020. The minimum absolute atomic E-state index is 0.173. The number of rotatable bonds is 7. The maximum atomic E-state index is 12.3. The molecule has 0 aromatic heterocycles. The van der Waals surface area contributed by atoms with E-state index in [0.29, 0.717) is 5.69 Å². The van der Waals surface area contributed by atoms with Gasteiger partial charge in [0.05, 0.1) is 6.42 Å². The first-order valence-corrected chi connectivity index (χ1v) is 9.31. The fourth-order valence-corrected chi connectivity index (χ4v) is 2.82. The Kier molecular flexibility index (Phi) is 6.58. The van der Waals surface area contributed by atoms with E-state index in [1.165, 1.54) is 6.92 Å². The molecule has 2 N–H and O–H groups in total. The Balaban J connectivity index is 1.45. The molecule has 0 fully saturated rings. The zero-order valence-corrected chi connectivity index (χ0v) is 16.1. The third-order valence-corrected chi connectivity index (χ3v) is 4.33. The number of hydrogen-bond acceptors (Lipinski definition) is 4. The van der Waals surface area contributed by atoms with Crippen molar-refractivity contribution >= 4 is 34.2 Å². The lowest BCUT2D eigenvalue weighted by atomic mass is 10.1. The Morgan fingerprint density at radius 2 is 1.59 bits per heavy atom. The lowest BCUT2D eigenvalue weighted by Crippen LogP contribution is -2.36. The van der Waals surface area contributed by atoms with Crippen molar-refractivity contribution in [2.45, 2.75) is 19.4 Å². The summed E-state index contributed by atoms with van der Waals surface area (Å²) in [7, 11) is 0. The van der Waals surface area contributed by atoms with E-state index in [4.69, 9.17) is 4.74 Å². The van der Waals surface area contributed by atoms with Gasteiger partial charge in [0.2, 0.25) is 5.91 Å². The quantitative estimate of drug-likeness (QED) is 0.607. The number of fused-ring (bicyclic) bond motifs is 1. The average molecular weight is 390 g/mol. The van der Waals surface area contributed by atoms with Crippen molar-refractivity contribution in [3.05, 3.63) is 78.4 Å². The largest absolute Gasteiger partial charge is 0.451 e. The second kappa shape index (κ2) is 9.50. The molecule has 1 atom stereocenters. The Hall–Kier alpha value is -3.67. The SMILES string of the molecule is C[C@@H](OC(=O)CNC(=O)Cc1ccccc1)C(=O)Nc1ccc2ccccc2c1. The molecule has 0 unspecified atom stereocenters. The van der Waals surface area contributed by atoms with Gasteiger partial charge in [-0.1, -0.05) is 60.7 Å². The molecule has 148 valence electrons. The van der Waals surface area contributed by atoms with Gasteiger partial charge >= 0.3 is 5.97 Å². The molecular weight excluding hydrogens is 368 g/mol. The van der Waals surface area contributed by atoms with Crippen molar-refractivity contribution in [1.82, 2.24) is 5.32 Å². The van der Waals surface area contributed by atoms with Gasteiger partial charge in [-0.2, -0.15) is 0 Å². The third kappa shape index (κ3) is 5.90. The monoisotopic (exact) mass is 390 g/mol. The lowest BCUT2D eigenvalue weighted by Gasteiger charge is -2.14. The van der Waals surface area contributed by atoms with Crippen molar-refractivity contribution in [1.29, 1.82) is 0 Å². The Morgan fingerprint density at radius 1 is 0.897 bits per heavy atom. The van der Waals surface area contributed by atoms with E-state index in [-0.39, 0.29) is 18.9 Å². The van der Waals surface area contributed by atoms with Crippen molar-refractivity contribution < 1.29 is 19.1 Å². The van der Waals surface area contributed by atoms with Gasteiger partial charge in [-0.15, -0.1) is 0 Å². The molecule has 0 aliphatic carbocycles. The van der Waals surface area contributed by atoms with Gasteiger partial charge in [-0.05, 0) is 35.4 Å². The van der Waals surface area contributed by atoms with Gasteiger partial charge in [0.25, 0.3) is 5.91 Å². The highest BCUT2D eigenvalue weighted by molar-refractivity contribution is 5.97. The highest BCUT2D eigenvalue weighted by Crippen LogP contribution is 2.19. The number of anilines is 1. The highest BCUT2D eigenvalue weighted by atomic mass is 16.5. The average Bonchev–Trinajstić information content (AvgIpc) is 2.73. The summed E-state index contributed by atoms with van der Waals surface area (Å²) in [5, 5.41) is 7.30. The summed E-state index contributed by atoms with van der Waals surface area (Å²) in [4.78, 5) is 36.1. The van der Waals surface area contributed by atoms with Crippen molar-refractivity contribution in [3.8, 4) is 0 Å². The van der Waals surface area contributed by atoms with Crippen molar-refractivity contribution in [2.75, 3.05) is 11.9 Å². The summed E-state index contributed by atoms with van der Waals surface area (Å²) >= 11 is 0. The number of benzene rings is 3. The second-order valence-corrected chi connectivity index (χ2v) is 6.62. The zero-order valence-electron chi connectivity index (χ0n) is 16.1. The summed E-state index contributed by atoms with van der Waals surface area (Å²) in [6.45, 7) is 1.19. The van der Waals surface area contributed by atoms with E-state index in [2.05, 4.69) is 10.6 Å². The molecule has 0 radical (unpaired) electrons. The molecule has 2 amide bonds. The van der Waals surface area contributed by atoms with Crippen LogP contribution in [0, 0.1) is 0 Å². The summed E-state index contributed by atoms with van der Waals surface area (Å²) < 4.78 is 5.11. The van der Waals surface area contributed by atoms with E-state index in [0.717, 1.165) is 16.3 Å². The fraction of sp³-hybridized carbons (Fsp3) is 0.174. The predicted octanol–water partition coefficient (Wildman–Crippen LogP) is 3.07. The van der Waals surface area contributed by atoms with Crippen LogP contribution < -0.4 is 10.6 Å². The summed E-state index contributed by atoms with van der Waals surface area (Å²) in [6.07, 6.45) is -0.813. The minimum Gasteiger partial charge on any atom is -0.451 e. The van der Waals surface area contributed by atoms with E-state index >= 15 is 0 Å². The van der Waals surface area contributed by atoms with Gasteiger partial charge in [0, 0.05) is 5.69 Å². The predicted molar refractivity (Wildman–Crippen MR) is 111 cm³/mol. The minimum atomic E-state index is -0.986. The molecule has 0 bridgehead atoms. The highest BCUT2D eigenvalue weighted by Gasteiger charge is 2.18. The fourth-order valence-electron chi connectivity index (χ4n) is 2.82. The molecule has 0 heterocycles. The van der Waals surface area contributed by atoms with Crippen LogP contribution in [0.1, 0.15) is 12.5 Å². The number of hydrogen-bond donors (Lipinski definition) is 2. The molecular formula is C23H22N2O4. The number of carbonyl (C=O) groups excluding carboxylic acids is 3. The molecule has 0 saturated carbocycles. The first-order valence-electron chi connectivity index (χ1n) is 9.31. The topological polar surface area (TPSA) is 84.5 Å². The van der Waals surface area contributed by atoms with Crippen LogP contribution in [-0.4, -0.2) is 30.4 Å². The van der Waals surface area contributed by atoms with Crippen LogP contribution >= 0.6 is 0 Å². The molecule has 29 heavy (non-hydrogen) atoms. The molecule has 6 nitrogen and oxygen atoms in total. The summed E-state index contributed by atoms with van der Waals surface area (Å²) in [6, 6.07) is 22.6. The van der Waals surface area contributed by atoms with E-state index in [9.17, 15) is 14.4 Å². The Morgan fingerprint density at radius 3 is 2.34 bits per heavy atom. The number of ether oxygens (including phenoxy) is 1. The molecule has 3 aromatic rings. The van der Waals surface area contributed by atoms with Crippen LogP contribution in [0.15, 0.2) is 72.8 Å². The first kappa shape index (κ1) is 20.1. The van der Waals surface area contributed by atoms with Crippen LogP contribution in [0.4, 0.5) is 5.69 Å². The summed E-state index contributed by atoms with van der Waals surface area (Å²) in [5.74, 6) is -1.40. The van der Waals surface area contributed by atoms with Gasteiger partial charge in [-0.25, -0.2) is 0 Å². The van der Waals surface area contributed by atoms with Crippen LogP contribution in [0.5, 0.6) is 0 Å². The summed E-state index contributed by atoms with van der Waals surface area (Å²) in [5.41, 5.74) is 1.47. The zero-order chi connectivity index (χ0) is 20.6. The number of nitrogens with one attached hydrogen (secondary N) is 2. The van der Waals surface area contributed by atoms with Crippen LogP contribution in [0.2, 0.25) is 0 Å². The van der Waals surface area contributed by atoms with Gasteiger partial charge in [0.15, 0.2) is 6.10 Å². The molecule has 3 rings (SSSR count). The number of amides is 2. The number of esters is 1. The second-order valence-electron chi connectivity index (χ2n) is 6.62. The third-order valence-electron chi connectivity index (χ3n) is 4.33. The van der Waals surface area contributed by atoms with Crippen LogP contribution in [-0.2, 0) is 25.5 Å². The Labute approximate surface area is 168 Å². The van der Waals surface area contributed by atoms with Crippen molar-refractivity contribution in [2.24, 2.45) is 0 Å². The molecule has 6 heteroatoms. The standard InChI is InChI=1S/C23H22N2O4/c1-16(23(28)25-20-12-11-18-9-5-6-10-19(18)14-20)29-22(27)15-24-21(26)13-17-7-3-2-4-8-17/h2-12,14,16H,13,15H2,1H3,(H,24,26)(H,25,28)/t16-/m1/s1. The van der Waals surface area contributed by atoms with E-state index in [1.54, 1.807) is 6.07 Å². The molecule has 0 saturated heterocycles. The molecule has 0 aliphatic rings. The molecule has 3 aromatic carbocycles. The van der Waals surface area contributed by atoms with Crippen molar-refractivity contribution in [3.63, 3.8) is 0 Å². The molecule has 0 aliphatic heterocycles. The first-order chi connectivity index (χ1) is 14.0. The van der Waals surface area contributed by atoms with Gasteiger partial charge in [0.1, 0.15) is 6.54 Å². The lowest BCUT2D eigenvalue weighted by molar-refractivity contribution is -0.152. The molecule has 0 spiro atoms. The maximum Gasteiger partial charge on any atom is 0.326 e. The van der Waals surface area contributed by atoms with E-state index < -0.39 is 18.0 Å². The maximum absolute atomic E-state index is 12.3.